The third-order valence-electron chi connectivity index (χ3n) is 5.22. The van der Waals surface area contributed by atoms with E-state index in [1.165, 1.54) is 19.3 Å². The van der Waals surface area contributed by atoms with E-state index in [0.29, 0.717) is 19.0 Å². The van der Waals surface area contributed by atoms with Crippen LogP contribution in [0.3, 0.4) is 0 Å². The summed E-state index contributed by atoms with van der Waals surface area (Å²) >= 11 is 0. The van der Waals surface area contributed by atoms with Gasteiger partial charge in [0.05, 0.1) is 0 Å². The number of amides is 3. The molecule has 29 heavy (non-hydrogen) atoms. The largest absolute Gasteiger partial charge is 0.480 e. The van der Waals surface area contributed by atoms with Crippen LogP contribution in [0.2, 0.25) is 0 Å². The van der Waals surface area contributed by atoms with E-state index in [4.69, 9.17) is 0 Å². The van der Waals surface area contributed by atoms with Gasteiger partial charge in [0.15, 0.2) is 0 Å². The molecule has 0 saturated heterocycles. The van der Waals surface area contributed by atoms with E-state index >= 15 is 0 Å². The number of aliphatic carboxylic acids is 1. The molecule has 0 aromatic heterocycles. The highest BCUT2D eigenvalue weighted by Crippen LogP contribution is 2.17. The number of carboxylic acids is 1. The van der Waals surface area contributed by atoms with Crippen molar-refractivity contribution in [2.75, 3.05) is 6.54 Å². The van der Waals surface area contributed by atoms with Crippen LogP contribution in [0.15, 0.2) is 30.3 Å². The number of carbonyl (C=O) groups is 3. The fourth-order valence-corrected chi connectivity index (χ4v) is 3.59. The Morgan fingerprint density at radius 3 is 2.41 bits per heavy atom. The predicted octanol–water partition coefficient (Wildman–Crippen LogP) is 2.99. The summed E-state index contributed by atoms with van der Waals surface area (Å²) in [6.07, 6.45) is 8.54. The highest BCUT2D eigenvalue weighted by Gasteiger charge is 2.20. The third-order valence-corrected chi connectivity index (χ3v) is 5.22. The number of benzene rings is 1. The Balaban J connectivity index is 1.55. The van der Waals surface area contributed by atoms with Gasteiger partial charge in [-0.1, -0.05) is 56.0 Å². The summed E-state index contributed by atoms with van der Waals surface area (Å²) in [6.45, 7) is 0.575. The van der Waals surface area contributed by atoms with Gasteiger partial charge in [-0.15, -0.1) is 0 Å². The molecule has 4 N–H and O–H groups in total. The van der Waals surface area contributed by atoms with Crippen molar-refractivity contribution in [1.29, 1.82) is 0 Å². The van der Waals surface area contributed by atoms with E-state index < -0.39 is 12.0 Å². The molecule has 1 aliphatic carbocycles. The third kappa shape index (κ3) is 9.45. The Labute approximate surface area is 172 Å². The normalized spacial score (nSPS) is 15.3. The molecular weight excluding hydrogens is 370 g/mol. The maximum atomic E-state index is 12.1. The lowest BCUT2D eigenvalue weighted by Gasteiger charge is -2.22. The highest BCUT2D eigenvalue weighted by molar-refractivity contribution is 5.83. The zero-order valence-corrected chi connectivity index (χ0v) is 17.0. The van der Waals surface area contributed by atoms with Crippen LogP contribution in [0.1, 0.15) is 63.4 Å². The number of carbonyl (C=O) groups excluding carboxylic acids is 2. The Bertz CT molecular complexity index is 645. The number of urea groups is 1. The maximum absolute atomic E-state index is 12.1. The smallest absolute Gasteiger partial charge is 0.326 e. The van der Waals surface area contributed by atoms with Crippen molar-refractivity contribution in [3.63, 3.8) is 0 Å². The second-order valence-electron chi connectivity index (χ2n) is 7.69. The topological polar surface area (TPSA) is 108 Å². The second kappa shape index (κ2) is 12.8. The number of nitrogens with one attached hydrogen (secondary N) is 3. The molecule has 2 rings (SSSR count). The summed E-state index contributed by atoms with van der Waals surface area (Å²) in [5.74, 6) is -1.29. The van der Waals surface area contributed by atoms with Crippen LogP contribution in [0.25, 0.3) is 0 Å². The molecule has 1 aromatic carbocycles. The van der Waals surface area contributed by atoms with Crippen LogP contribution >= 0.6 is 0 Å². The standard InChI is InChI=1S/C22H33N3O4/c26-20(25-19(21(27)28)16-17-10-4-1-5-11-17)14-8-3-9-15-23-22(29)24-18-12-6-2-7-13-18/h1,4-5,10-11,18-19H,2-3,6-9,12-16H2,(H,25,26)(H,27,28)(H2,23,24,29)/t19-/m0/s1. The molecule has 0 bridgehead atoms. The SMILES string of the molecule is O=C(CCCCCNC(=O)NC1CCCCC1)N[C@@H](Cc1ccccc1)C(=O)O. The Morgan fingerprint density at radius 2 is 1.72 bits per heavy atom. The van der Waals surface area contributed by atoms with Gasteiger partial charge in [-0.3, -0.25) is 4.79 Å². The number of carboxylic acid groups (broad SMARTS) is 1. The Morgan fingerprint density at radius 1 is 1.00 bits per heavy atom. The molecule has 1 saturated carbocycles. The van der Waals surface area contributed by atoms with E-state index in [2.05, 4.69) is 16.0 Å². The molecule has 3 amide bonds. The lowest BCUT2D eigenvalue weighted by molar-refractivity contribution is -0.141. The molecule has 0 aliphatic heterocycles. The molecule has 1 atom stereocenters. The zero-order chi connectivity index (χ0) is 20.9. The fraction of sp³-hybridized carbons (Fsp3) is 0.591. The fourth-order valence-electron chi connectivity index (χ4n) is 3.59. The van der Waals surface area contributed by atoms with E-state index in [1.807, 2.05) is 30.3 Å². The minimum Gasteiger partial charge on any atom is -0.480 e. The summed E-state index contributed by atoms with van der Waals surface area (Å²) in [4.78, 5) is 35.3. The summed E-state index contributed by atoms with van der Waals surface area (Å²) in [5, 5.41) is 17.8. The van der Waals surface area contributed by atoms with Gasteiger partial charge in [-0.25, -0.2) is 9.59 Å². The maximum Gasteiger partial charge on any atom is 0.326 e. The first-order valence-corrected chi connectivity index (χ1v) is 10.6. The first kappa shape index (κ1) is 22.7. The predicted molar refractivity (Wildman–Crippen MR) is 112 cm³/mol. The Kier molecular flexibility index (Phi) is 10.0. The minimum atomic E-state index is -1.03. The van der Waals surface area contributed by atoms with E-state index in [-0.39, 0.29) is 24.8 Å². The van der Waals surface area contributed by atoms with Gasteiger partial charge in [0.1, 0.15) is 6.04 Å². The second-order valence-corrected chi connectivity index (χ2v) is 7.69. The van der Waals surface area contributed by atoms with Crippen LogP contribution in [0.4, 0.5) is 4.79 Å². The molecular formula is C22H33N3O4. The summed E-state index contributed by atoms with van der Waals surface area (Å²) < 4.78 is 0. The molecule has 1 aromatic rings. The highest BCUT2D eigenvalue weighted by atomic mass is 16.4. The van der Waals surface area contributed by atoms with E-state index in [1.54, 1.807) is 0 Å². The van der Waals surface area contributed by atoms with Crippen molar-refractivity contribution in [1.82, 2.24) is 16.0 Å². The average molecular weight is 404 g/mol. The van der Waals surface area contributed by atoms with Crippen molar-refractivity contribution < 1.29 is 19.5 Å². The average Bonchev–Trinajstić information content (AvgIpc) is 2.71. The van der Waals surface area contributed by atoms with Gasteiger partial charge >= 0.3 is 12.0 Å². The quantitative estimate of drug-likeness (QED) is 0.426. The van der Waals surface area contributed by atoms with Crippen molar-refractivity contribution in [2.24, 2.45) is 0 Å². The van der Waals surface area contributed by atoms with Crippen LogP contribution < -0.4 is 16.0 Å². The molecule has 0 spiro atoms. The van der Waals surface area contributed by atoms with E-state index in [9.17, 15) is 19.5 Å². The summed E-state index contributed by atoms with van der Waals surface area (Å²) in [5.41, 5.74) is 0.873. The monoisotopic (exact) mass is 403 g/mol. The molecule has 1 fully saturated rings. The van der Waals surface area contributed by atoms with Gasteiger partial charge < -0.3 is 21.1 Å². The molecule has 7 heteroatoms. The van der Waals surface area contributed by atoms with Gasteiger partial charge in [0.2, 0.25) is 5.91 Å². The number of rotatable bonds is 11. The first-order valence-electron chi connectivity index (χ1n) is 10.6. The van der Waals surface area contributed by atoms with Crippen LogP contribution in [-0.2, 0) is 16.0 Å². The van der Waals surface area contributed by atoms with E-state index in [0.717, 1.165) is 31.2 Å². The Hall–Kier alpha value is -2.57. The molecule has 160 valence electrons. The number of hydrogen-bond acceptors (Lipinski definition) is 3. The lowest BCUT2D eigenvalue weighted by atomic mass is 9.96. The van der Waals surface area contributed by atoms with Crippen molar-refractivity contribution in [3.8, 4) is 0 Å². The lowest BCUT2D eigenvalue weighted by Crippen LogP contribution is -2.43. The van der Waals surface area contributed by atoms with Crippen molar-refractivity contribution >= 4 is 17.9 Å². The van der Waals surface area contributed by atoms with Crippen LogP contribution in [-0.4, -0.2) is 41.6 Å². The molecule has 0 unspecified atom stereocenters. The number of hydrogen-bond donors (Lipinski definition) is 4. The van der Waals surface area contributed by atoms with Gasteiger partial charge in [-0.2, -0.15) is 0 Å². The van der Waals surface area contributed by atoms with Gasteiger partial charge in [-0.05, 0) is 31.2 Å². The molecule has 0 heterocycles. The zero-order valence-electron chi connectivity index (χ0n) is 17.0. The van der Waals surface area contributed by atoms with Gasteiger partial charge in [0.25, 0.3) is 0 Å². The molecule has 0 radical (unpaired) electrons. The number of unbranched alkanes of at least 4 members (excludes halogenated alkanes) is 2. The van der Waals surface area contributed by atoms with Gasteiger partial charge in [0, 0.05) is 25.4 Å². The van der Waals surface area contributed by atoms with Crippen molar-refractivity contribution in [2.45, 2.75) is 76.3 Å². The summed E-state index contributed by atoms with van der Waals surface area (Å²) in [7, 11) is 0. The van der Waals surface area contributed by atoms with Crippen LogP contribution in [0.5, 0.6) is 0 Å². The minimum absolute atomic E-state index is 0.111. The molecule has 1 aliphatic rings. The first-order chi connectivity index (χ1) is 14.0. The summed E-state index contributed by atoms with van der Waals surface area (Å²) in [6, 6.07) is 8.52. The van der Waals surface area contributed by atoms with Crippen LogP contribution in [0, 0.1) is 0 Å². The molecule has 7 nitrogen and oxygen atoms in total. The van der Waals surface area contributed by atoms with Crippen molar-refractivity contribution in [3.05, 3.63) is 35.9 Å².